The minimum Gasteiger partial charge on any atom is -0.419 e. The Morgan fingerprint density at radius 3 is 2.64 bits per heavy atom. The van der Waals surface area contributed by atoms with Gasteiger partial charge in [-0.05, 0) is 18.7 Å². The maximum absolute atomic E-state index is 9.33. The monoisotopic (exact) mass is 316 g/mol. The molecule has 0 atom stereocenters. The summed E-state index contributed by atoms with van der Waals surface area (Å²) in [6, 6.07) is 9.47. The van der Waals surface area contributed by atoms with Gasteiger partial charge in [-0.15, -0.1) is 0 Å². The van der Waals surface area contributed by atoms with E-state index in [1.165, 1.54) is 0 Å². The second-order valence-corrected chi connectivity index (χ2v) is 5.59. The second-order valence-electron chi connectivity index (χ2n) is 5.19. The van der Waals surface area contributed by atoms with Gasteiger partial charge in [-0.25, -0.2) is 0 Å². The third-order valence-electron chi connectivity index (χ3n) is 3.93. The number of rotatable bonds is 3. The first-order valence-corrected chi connectivity index (χ1v) is 7.74. The van der Waals surface area contributed by atoms with Gasteiger partial charge in [-0.2, -0.15) is 10.2 Å². The number of nitriles is 1. The summed E-state index contributed by atoms with van der Waals surface area (Å²) in [5, 5.41) is 9.90. The summed E-state index contributed by atoms with van der Waals surface area (Å²) in [4.78, 5) is 8.76. The molecule has 3 rings (SSSR count). The van der Waals surface area contributed by atoms with E-state index in [9.17, 15) is 5.26 Å². The summed E-state index contributed by atoms with van der Waals surface area (Å²) in [5.41, 5.74) is 1.03. The standard InChI is InChI=1S/C16H17ClN4O/c1-2-20-7-9-21(10-8-20)16-14(11-18)19-15(22-16)12-5-3-4-6-13(12)17/h3-6H,2,7-10H2,1H3. The summed E-state index contributed by atoms with van der Waals surface area (Å²) in [6.45, 7) is 6.78. The first-order valence-electron chi connectivity index (χ1n) is 7.36. The van der Waals surface area contributed by atoms with Crippen molar-refractivity contribution in [2.75, 3.05) is 37.6 Å². The molecule has 0 spiro atoms. The van der Waals surface area contributed by atoms with Crippen LogP contribution >= 0.6 is 11.6 Å². The Morgan fingerprint density at radius 2 is 2.00 bits per heavy atom. The van der Waals surface area contributed by atoms with E-state index in [1.807, 2.05) is 18.2 Å². The van der Waals surface area contributed by atoms with Crippen molar-refractivity contribution >= 4 is 17.5 Å². The predicted octanol–water partition coefficient (Wildman–Crippen LogP) is 3.01. The molecule has 0 saturated carbocycles. The lowest BCUT2D eigenvalue weighted by molar-refractivity contribution is 0.266. The number of nitrogens with zero attached hydrogens (tertiary/aromatic N) is 4. The SMILES string of the molecule is CCN1CCN(c2oc(-c3ccccc3Cl)nc2C#N)CC1. The summed E-state index contributed by atoms with van der Waals surface area (Å²) in [7, 11) is 0. The molecule has 2 aromatic rings. The number of hydrogen-bond donors (Lipinski definition) is 0. The number of anilines is 1. The highest BCUT2D eigenvalue weighted by Crippen LogP contribution is 2.32. The van der Waals surface area contributed by atoms with E-state index in [-0.39, 0.29) is 0 Å². The van der Waals surface area contributed by atoms with Gasteiger partial charge in [0, 0.05) is 26.2 Å². The molecule has 1 saturated heterocycles. The Labute approximate surface area is 134 Å². The zero-order valence-corrected chi connectivity index (χ0v) is 13.2. The minimum absolute atomic E-state index is 0.319. The van der Waals surface area contributed by atoms with Crippen molar-refractivity contribution in [1.29, 1.82) is 5.26 Å². The van der Waals surface area contributed by atoms with E-state index >= 15 is 0 Å². The van der Waals surface area contributed by atoms with Gasteiger partial charge in [0.25, 0.3) is 0 Å². The largest absolute Gasteiger partial charge is 0.419 e. The first-order chi connectivity index (χ1) is 10.7. The molecule has 6 heteroatoms. The summed E-state index contributed by atoms with van der Waals surface area (Å²) >= 11 is 6.18. The van der Waals surface area contributed by atoms with E-state index in [4.69, 9.17) is 16.0 Å². The molecule has 2 heterocycles. The highest BCUT2D eigenvalue weighted by Gasteiger charge is 2.24. The van der Waals surface area contributed by atoms with Gasteiger partial charge in [0.15, 0.2) is 0 Å². The van der Waals surface area contributed by atoms with Gasteiger partial charge in [-0.1, -0.05) is 30.7 Å². The van der Waals surface area contributed by atoms with Crippen LogP contribution in [0.1, 0.15) is 12.6 Å². The number of likely N-dealkylation sites (N-methyl/N-ethyl adjacent to an activating group) is 1. The number of benzene rings is 1. The fourth-order valence-electron chi connectivity index (χ4n) is 2.62. The number of piperazine rings is 1. The van der Waals surface area contributed by atoms with Crippen LogP contribution in [-0.4, -0.2) is 42.6 Å². The molecular formula is C16H17ClN4O. The number of hydrogen-bond acceptors (Lipinski definition) is 5. The lowest BCUT2D eigenvalue weighted by atomic mass is 10.2. The van der Waals surface area contributed by atoms with Crippen LogP contribution in [-0.2, 0) is 0 Å². The zero-order valence-electron chi connectivity index (χ0n) is 12.4. The van der Waals surface area contributed by atoms with Crippen molar-refractivity contribution in [1.82, 2.24) is 9.88 Å². The average Bonchev–Trinajstić information content (AvgIpc) is 2.99. The maximum Gasteiger partial charge on any atom is 0.235 e. The molecule has 0 N–H and O–H groups in total. The summed E-state index contributed by atoms with van der Waals surface area (Å²) in [6.07, 6.45) is 0. The molecule has 1 aromatic carbocycles. The van der Waals surface area contributed by atoms with Gasteiger partial charge < -0.3 is 14.2 Å². The molecule has 114 valence electrons. The molecule has 22 heavy (non-hydrogen) atoms. The molecular weight excluding hydrogens is 300 g/mol. The van der Waals surface area contributed by atoms with Crippen LogP contribution in [0.2, 0.25) is 5.02 Å². The molecule has 0 bridgehead atoms. The van der Waals surface area contributed by atoms with Crippen LogP contribution in [0.25, 0.3) is 11.5 Å². The van der Waals surface area contributed by atoms with Crippen LogP contribution in [0.5, 0.6) is 0 Å². The van der Waals surface area contributed by atoms with E-state index in [0.717, 1.165) is 32.7 Å². The molecule has 1 aliphatic heterocycles. The predicted molar refractivity (Wildman–Crippen MR) is 86.0 cm³/mol. The van der Waals surface area contributed by atoms with Crippen molar-refractivity contribution in [3.05, 3.63) is 35.0 Å². The van der Waals surface area contributed by atoms with Crippen molar-refractivity contribution in [3.63, 3.8) is 0 Å². The molecule has 0 aliphatic carbocycles. The van der Waals surface area contributed by atoms with E-state index in [2.05, 4.69) is 27.8 Å². The van der Waals surface area contributed by atoms with Crippen molar-refractivity contribution in [3.8, 4) is 17.5 Å². The number of halogens is 1. The maximum atomic E-state index is 9.33. The van der Waals surface area contributed by atoms with E-state index < -0.39 is 0 Å². The van der Waals surface area contributed by atoms with Crippen molar-refractivity contribution in [2.24, 2.45) is 0 Å². The molecule has 0 unspecified atom stereocenters. The average molecular weight is 317 g/mol. The third kappa shape index (κ3) is 2.80. The minimum atomic E-state index is 0.319. The van der Waals surface area contributed by atoms with Crippen LogP contribution < -0.4 is 4.90 Å². The third-order valence-corrected chi connectivity index (χ3v) is 4.26. The van der Waals surface area contributed by atoms with Crippen molar-refractivity contribution in [2.45, 2.75) is 6.92 Å². The Hall–Kier alpha value is -2.03. The first kappa shape index (κ1) is 14.9. The summed E-state index contributed by atoms with van der Waals surface area (Å²) < 4.78 is 5.87. The van der Waals surface area contributed by atoms with Crippen LogP contribution in [0.3, 0.4) is 0 Å². The van der Waals surface area contributed by atoms with Crippen LogP contribution in [0.15, 0.2) is 28.7 Å². The normalized spacial score (nSPS) is 15.8. The lowest BCUT2D eigenvalue weighted by Gasteiger charge is -2.33. The van der Waals surface area contributed by atoms with E-state index in [0.29, 0.717) is 28.1 Å². The molecule has 1 aromatic heterocycles. The molecule has 1 fully saturated rings. The number of oxazole rings is 1. The molecule has 1 aliphatic rings. The van der Waals surface area contributed by atoms with E-state index in [1.54, 1.807) is 6.07 Å². The summed E-state index contributed by atoms with van der Waals surface area (Å²) in [5.74, 6) is 0.947. The zero-order chi connectivity index (χ0) is 15.5. The van der Waals surface area contributed by atoms with Gasteiger partial charge >= 0.3 is 0 Å². The van der Waals surface area contributed by atoms with Gasteiger partial charge in [0.2, 0.25) is 17.5 Å². The Morgan fingerprint density at radius 1 is 1.27 bits per heavy atom. The Bertz CT molecular complexity index is 698. The Balaban J connectivity index is 1.90. The smallest absolute Gasteiger partial charge is 0.235 e. The topological polar surface area (TPSA) is 56.3 Å². The van der Waals surface area contributed by atoms with Gasteiger partial charge in [-0.3, -0.25) is 0 Å². The second kappa shape index (κ2) is 6.39. The highest BCUT2D eigenvalue weighted by molar-refractivity contribution is 6.33. The number of aromatic nitrogens is 1. The highest BCUT2D eigenvalue weighted by atomic mass is 35.5. The quantitative estimate of drug-likeness (QED) is 0.871. The molecule has 0 amide bonds. The van der Waals surface area contributed by atoms with Crippen LogP contribution in [0, 0.1) is 11.3 Å². The molecule has 5 nitrogen and oxygen atoms in total. The lowest BCUT2D eigenvalue weighted by Crippen LogP contribution is -2.46. The fourth-order valence-corrected chi connectivity index (χ4v) is 2.83. The van der Waals surface area contributed by atoms with Gasteiger partial charge in [0.05, 0.1) is 10.6 Å². The van der Waals surface area contributed by atoms with Crippen LogP contribution in [0.4, 0.5) is 5.88 Å². The van der Waals surface area contributed by atoms with Crippen molar-refractivity contribution < 1.29 is 4.42 Å². The van der Waals surface area contributed by atoms with Gasteiger partial charge in [0.1, 0.15) is 6.07 Å². The Kier molecular flexibility index (Phi) is 4.32. The fraction of sp³-hybridized carbons (Fsp3) is 0.375. The molecule has 0 radical (unpaired) electrons.